The summed E-state index contributed by atoms with van der Waals surface area (Å²) >= 11 is 5.24. The summed E-state index contributed by atoms with van der Waals surface area (Å²) in [5.74, 6) is -0.723. The van der Waals surface area contributed by atoms with E-state index in [4.69, 9.17) is 11.6 Å². The maximum absolute atomic E-state index is 12.2. The number of aromatic nitrogens is 1. The molecule has 0 saturated carbocycles. The second-order valence-electron chi connectivity index (χ2n) is 1.82. The SMILES string of the molecule is Fc1cnc(C(F)F)c(Cl)c1. The van der Waals surface area contributed by atoms with E-state index in [1.54, 1.807) is 0 Å². The fourth-order valence-corrected chi connectivity index (χ4v) is 0.821. The first-order valence-corrected chi connectivity index (χ1v) is 3.08. The van der Waals surface area contributed by atoms with E-state index in [0.717, 1.165) is 6.07 Å². The minimum absolute atomic E-state index is 0.347. The Labute approximate surface area is 65.8 Å². The van der Waals surface area contributed by atoms with Gasteiger partial charge in [0.2, 0.25) is 0 Å². The van der Waals surface area contributed by atoms with Gasteiger partial charge in [0.1, 0.15) is 11.5 Å². The number of pyridine rings is 1. The number of alkyl halides is 2. The van der Waals surface area contributed by atoms with Crippen LogP contribution >= 0.6 is 11.6 Å². The molecule has 1 aromatic rings. The van der Waals surface area contributed by atoms with Crippen molar-refractivity contribution < 1.29 is 13.2 Å². The molecule has 0 atom stereocenters. The molecule has 0 aliphatic rings. The van der Waals surface area contributed by atoms with Crippen molar-refractivity contribution >= 4 is 11.6 Å². The van der Waals surface area contributed by atoms with E-state index < -0.39 is 17.9 Å². The van der Waals surface area contributed by atoms with Gasteiger partial charge in [0, 0.05) is 0 Å². The molecule has 0 aromatic carbocycles. The molecule has 0 fully saturated rings. The van der Waals surface area contributed by atoms with Crippen LogP contribution in [0.4, 0.5) is 13.2 Å². The summed E-state index contributed by atoms with van der Waals surface area (Å²) in [6, 6.07) is 0.802. The normalized spacial score (nSPS) is 10.6. The van der Waals surface area contributed by atoms with Gasteiger partial charge in [-0.25, -0.2) is 13.2 Å². The quantitative estimate of drug-likeness (QED) is 0.649. The van der Waals surface area contributed by atoms with Gasteiger partial charge in [-0.05, 0) is 6.07 Å². The van der Waals surface area contributed by atoms with E-state index in [1.165, 1.54) is 0 Å². The van der Waals surface area contributed by atoms with E-state index in [1.807, 2.05) is 0 Å². The van der Waals surface area contributed by atoms with E-state index in [2.05, 4.69) is 4.98 Å². The van der Waals surface area contributed by atoms with Crippen LogP contribution in [0.2, 0.25) is 5.02 Å². The summed E-state index contributed by atoms with van der Waals surface area (Å²) < 4.78 is 36.0. The van der Waals surface area contributed by atoms with Crippen LogP contribution in [0.25, 0.3) is 0 Å². The summed E-state index contributed by atoms with van der Waals surface area (Å²) in [5, 5.41) is -0.347. The first-order valence-electron chi connectivity index (χ1n) is 2.70. The second-order valence-corrected chi connectivity index (χ2v) is 2.23. The zero-order valence-corrected chi connectivity index (χ0v) is 5.95. The average molecular weight is 182 g/mol. The summed E-state index contributed by atoms with van der Waals surface area (Å²) in [7, 11) is 0. The molecule has 1 aromatic heterocycles. The van der Waals surface area contributed by atoms with E-state index >= 15 is 0 Å². The van der Waals surface area contributed by atoms with Gasteiger partial charge in [-0.1, -0.05) is 11.6 Å². The van der Waals surface area contributed by atoms with Crippen LogP contribution in [0.3, 0.4) is 0 Å². The second kappa shape index (κ2) is 3.09. The molecule has 5 heteroatoms. The monoisotopic (exact) mass is 181 g/mol. The highest BCUT2D eigenvalue weighted by Crippen LogP contribution is 2.24. The van der Waals surface area contributed by atoms with Crippen molar-refractivity contribution in [2.75, 3.05) is 0 Å². The number of halogens is 4. The van der Waals surface area contributed by atoms with Crippen LogP contribution in [0.5, 0.6) is 0 Å². The zero-order chi connectivity index (χ0) is 8.43. The lowest BCUT2D eigenvalue weighted by Crippen LogP contribution is -1.91. The van der Waals surface area contributed by atoms with Gasteiger partial charge in [0.25, 0.3) is 6.43 Å². The smallest absolute Gasteiger partial charge is 0.251 e. The van der Waals surface area contributed by atoms with Gasteiger partial charge in [-0.3, -0.25) is 4.98 Å². The lowest BCUT2D eigenvalue weighted by atomic mass is 10.3. The highest BCUT2D eigenvalue weighted by molar-refractivity contribution is 6.31. The molecule has 0 amide bonds. The molecule has 0 spiro atoms. The van der Waals surface area contributed by atoms with Gasteiger partial charge in [-0.2, -0.15) is 0 Å². The first kappa shape index (κ1) is 8.33. The van der Waals surface area contributed by atoms with Gasteiger partial charge in [0.05, 0.1) is 11.2 Å². The third-order valence-corrected chi connectivity index (χ3v) is 1.35. The summed E-state index contributed by atoms with van der Waals surface area (Å²) in [4.78, 5) is 3.12. The Bertz CT molecular complexity index is 264. The maximum Gasteiger partial charge on any atom is 0.281 e. The molecule has 1 rings (SSSR count). The Kier molecular flexibility index (Phi) is 2.34. The molecule has 0 aliphatic carbocycles. The Balaban J connectivity index is 3.09. The molecular formula is C6H3ClF3N. The topological polar surface area (TPSA) is 12.9 Å². The summed E-state index contributed by atoms with van der Waals surface area (Å²) in [5.41, 5.74) is -0.590. The van der Waals surface area contributed by atoms with Crippen LogP contribution in [-0.2, 0) is 0 Å². The van der Waals surface area contributed by atoms with Crippen molar-refractivity contribution in [2.24, 2.45) is 0 Å². The molecule has 0 bridgehead atoms. The number of rotatable bonds is 1. The maximum atomic E-state index is 12.2. The van der Waals surface area contributed by atoms with Crippen molar-refractivity contribution in [1.29, 1.82) is 0 Å². The molecular weight excluding hydrogens is 179 g/mol. The van der Waals surface area contributed by atoms with Crippen LogP contribution in [0.1, 0.15) is 12.1 Å². The van der Waals surface area contributed by atoms with E-state index in [0.29, 0.717) is 6.20 Å². The van der Waals surface area contributed by atoms with Crippen LogP contribution in [0.15, 0.2) is 12.3 Å². The lowest BCUT2D eigenvalue weighted by Gasteiger charge is -1.99. The Morgan fingerprint density at radius 3 is 2.55 bits per heavy atom. The Morgan fingerprint density at radius 2 is 2.09 bits per heavy atom. The van der Waals surface area contributed by atoms with Crippen molar-refractivity contribution in [1.82, 2.24) is 4.98 Å². The van der Waals surface area contributed by atoms with Gasteiger partial charge in [0.15, 0.2) is 0 Å². The molecule has 1 nitrogen and oxygen atoms in total. The Morgan fingerprint density at radius 1 is 1.45 bits per heavy atom. The van der Waals surface area contributed by atoms with E-state index in [9.17, 15) is 13.2 Å². The third kappa shape index (κ3) is 1.83. The molecule has 0 saturated heterocycles. The minimum Gasteiger partial charge on any atom is -0.251 e. The van der Waals surface area contributed by atoms with Crippen molar-refractivity contribution in [3.8, 4) is 0 Å². The number of hydrogen-bond acceptors (Lipinski definition) is 1. The molecule has 1 heterocycles. The van der Waals surface area contributed by atoms with Gasteiger partial charge < -0.3 is 0 Å². The van der Waals surface area contributed by atoms with Gasteiger partial charge >= 0.3 is 0 Å². The van der Waals surface area contributed by atoms with E-state index in [-0.39, 0.29) is 5.02 Å². The number of nitrogens with zero attached hydrogens (tertiary/aromatic N) is 1. The van der Waals surface area contributed by atoms with Crippen LogP contribution in [-0.4, -0.2) is 4.98 Å². The highest BCUT2D eigenvalue weighted by atomic mass is 35.5. The fourth-order valence-electron chi connectivity index (χ4n) is 0.586. The van der Waals surface area contributed by atoms with Crippen molar-refractivity contribution in [3.63, 3.8) is 0 Å². The first-order chi connectivity index (χ1) is 5.11. The fraction of sp³-hybridized carbons (Fsp3) is 0.167. The summed E-state index contributed by atoms with van der Waals surface area (Å²) in [6.07, 6.45) is -2.06. The molecule has 0 radical (unpaired) electrons. The largest absolute Gasteiger partial charge is 0.281 e. The highest BCUT2D eigenvalue weighted by Gasteiger charge is 2.13. The molecule has 0 unspecified atom stereocenters. The van der Waals surface area contributed by atoms with Crippen molar-refractivity contribution in [3.05, 3.63) is 28.8 Å². The number of hydrogen-bond donors (Lipinski definition) is 0. The van der Waals surface area contributed by atoms with Crippen LogP contribution in [0, 0.1) is 5.82 Å². The average Bonchev–Trinajstić information content (AvgIpc) is 1.85. The standard InChI is InChI=1S/C6H3ClF3N/c7-4-1-3(8)2-11-5(4)6(9)10/h1-2,6H. The molecule has 0 N–H and O–H groups in total. The molecule has 60 valence electrons. The predicted octanol–water partition coefficient (Wildman–Crippen LogP) is 2.81. The lowest BCUT2D eigenvalue weighted by molar-refractivity contribution is 0.146. The van der Waals surface area contributed by atoms with Crippen LogP contribution < -0.4 is 0 Å². The third-order valence-electron chi connectivity index (χ3n) is 1.04. The minimum atomic E-state index is -2.76. The van der Waals surface area contributed by atoms with Gasteiger partial charge in [-0.15, -0.1) is 0 Å². The summed E-state index contributed by atoms with van der Waals surface area (Å²) in [6.45, 7) is 0. The molecule has 11 heavy (non-hydrogen) atoms. The zero-order valence-electron chi connectivity index (χ0n) is 5.19. The van der Waals surface area contributed by atoms with Crippen molar-refractivity contribution in [2.45, 2.75) is 6.43 Å². The molecule has 0 aliphatic heterocycles. The predicted molar refractivity (Wildman–Crippen MR) is 34.2 cm³/mol. The Hall–Kier alpha value is -0.770.